The van der Waals surface area contributed by atoms with Gasteiger partial charge >= 0.3 is 0 Å². The Morgan fingerprint density at radius 3 is 1.96 bits per heavy atom. The third-order valence-corrected chi connectivity index (χ3v) is 4.84. The second kappa shape index (κ2) is 7.18. The summed E-state index contributed by atoms with van der Waals surface area (Å²) in [6, 6.07) is 20.1. The summed E-state index contributed by atoms with van der Waals surface area (Å²) in [4.78, 5) is 0. The molecule has 0 spiro atoms. The molecule has 1 N–H and O–H groups in total. The molecule has 3 rings (SSSR count). The Hall–Kier alpha value is -2.13. The van der Waals surface area contributed by atoms with E-state index in [4.69, 9.17) is 5.10 Å². The molecule has 3 nitrogen and oxygen atoms in total. The van der Waals surface area contributed by atoms with Crippen LogP contribution in [0.4, 0.5) is 0 Å². The summed E-state index contributed by atoms with van der Waals surface area (Å²) in [6.45, 7) is 0. The fourth-order valence-electron chi connectivity index (χ4n) is 3.78. The van der Waals surface area contributed by atoms with Crippen molar-refractivity contribution in [3.63, 3.8) is 0 Å². The second-order valence-electron chi connectivity index (χ2n) is 6.74. The van der Waals surface area contributed by atoms with Crippen LogP contribution in [0.15, 0.2) is 65.8 Å². The molecular weight excluding hydrogens is 296 g/mol. The Morgan fingerprint density at radius 1 is 0.917 bits per heavy atom. The predicted octanol–water partition coefficient (Wildman–Crippen LogP) is 4.03. The summed E-state index contributed by atoms with van der Waals surface area (Å²) in [5.41, 5.74) is 1.93. The predicted molar refractivity (Wildman–Crippen MR) is 99.0 cm³/mol. The highest BCUT2D eigenvalue weighted by Crippen LogP contribution is 2.42. The van der Waals surface area contributed by atoms with Gasteiger partial charge in [0, 0.05) is 25.7 Å². The maximum atomic E-state index is 12.0. The highest BCUT2D eigenvalue weighted by molar-refractivity contribution is 5.89. The number of benzene rings is 2. The van der Waals surface area contributed by atoms with Gasteiger partial charge in [0.1, 0.15) is 5.60 Å². The van der Waals surface area contributed by atoms with Crippen molar-refractivity contribution in [2.75, 3.05) is 14.1 Å². The number of hydrazone groups is 1. The van der Waals surface area contributed by atoms with Crippen LogP contribution in [0.3, 0.4) is 0 Å². The van der Waals surface area contributed by atoms with Crippen molar-refractivity contribution in [2.24, 2.45) is 11.0 Å². The van der Waals surface area contributed by atoms with Gasteiger partial charge in [0.15, 0.2) is 0 Å². The van der Waals surface area contributed by atoms with Crippen LogP contribution in [0.1, 0.15) is 36.8 Å². The van der Waals surface area contributed by atoms with Crippen LogP contribution in [-0.4, -0.2) is 29.9 Å². The number of rotatable bonds is 4. The van der Waals surface area contributed by atoms with E-state index in [-0.39, 0.29) is 5.92 Å². The van der Waals surface area contributed by atoms with Gasteiger partial charge in [-0.05, 0) is 30.4 Å². The summed E-state index contributed by atoms with van der Waals surface area (Å²) < 4.78 is 0. The van der Waals surface area contributed by atoms with Gasteiger partial charge in [-0.1, -0.05) is 67.1 Å². The third-order valence-electron chi connectivity index (χ3n) is 4.84. The smallest absolute Gasteiger partial charge is 0.123 e. The fourth-order valence-corrected chi connectivity index (χ4v) is 3.78. The average molecular weight is 322 g/mol. The number of aliphatic hydroxyl groups is 1. The first-order valence-electron chi connectivity index (χ1n) is 8.70. The van der Waals surface area contributed by atoms with Crippen molar-refractivity contribution in [1.29, 1.82) is 0 Å². The minimum absolute atomic E-state index is 0.00144. The van der Waals surface area contributed by atoms with E-state index < -0.39 is 5.60 Å². The molecule has 2 aromatic rings. The van der Waals surface area contributed by atoms with Gasteiger partial charge < -0.3 is 10.1 Å². The van der Waals surface area contributed by atoms with Gasteiger partial charge in [-0.3, -0.25) is 0 Å². The van der Waals surface area contributed by atoms with Crippen LogP contribution in [0.2, 0.25) is 0 Å². The first-order valence-corrected chi connectivity index (χ1v) is 8.70. The zero-order chi connectivity index (χ0) is 17.0. The molecule has 0 unspecified atom stereocenters. The molecule has 2 aromatic carbocycles. The SMILES string of the molecule is CN(C)/N=C1/CCCC[C@@H]1C(O)(c1ccccc1)c1ccccc1. The lowest BCUT2D eigenvalue weighted by molar-refractivity contribution is 0.0358. The first kappa shape index (κ1) is 16.7. The molecule has 0 amide bonds. The molecule has 1 saturated carbocycles. The molecule has 0 radical (unpaired) electrons. The second-order valence-corrected chi connectivity index (χ2v) is 6.74. The zero-order valence-corrected chi connectivity index (χ0v) is 14.5. The molecule has 0 aliphatic heterocycles. The number of nitrogens with zero attached hydrogens (tertiary/aromatic N) is 2. The lowest BCUT2D eigenvalue weighted by Crippen LogP contribution is -2.43. The van der Waals surface area contributed by atoms with Crippen LogP contribution in [0.5, 0.6) is 0 Å². The van der Waals surface area contributed by atoms with Crippen molar-refractivity contribution < 1.29 is 5.11 Å². The van der Waals surface area contributed by atoms with Crippen molar-refractivity contribution in [3.8, 4) is 0 Å². The zero-order valence-electron chi connectivity index (χ0n) is 14.5. The van der Waals surface area contributed by atoms with Crippen LogP contribution < -0.4 is 0 Å². The molecule has 1 fully saturated rings. The van der Waals surface area contributed by atoms with E-state index in [1.54, 1.807) is 0 Å². The highest BCUT2D eigenvalue weighted by atomic mass is 16.3. The molecule has 0 aromatic heterocycles. The average Bonchev–Trinajstić information content (AvgIpc) is 2.62. The van der Waals surface area contributed by atoms with E-state index in [0.29, 0.717) is 0 Å². The topological polar surface area (TPSA) is 35.8 Å². The van der Waals surface area contributed by atoms with Crippen molar-refractivity contribution in [3.05, 3.63) is 71.8 Å². The Morgan fingerprint density at radius 2 is 1.46 bits per heavy atom. The Bertz CT molecular complexity index is 640. The molecule has 3 heteroatoms. The van der Waals surface area contributed by atoms with E-state index >= 15 is 0 Å². The normalized spacial score (nSPS) is 20.1. The molecule has 126 valence electrons. The fraction of sp³-hybridized carbons (Fsp3) is 0.381. The Labute approximate surface area is 144 Å². The summed E-state index contributed by atoms with van der Waals surface area (Å²) in [5, 5.41) is 18.5. The van der Waals surface area contributed by atoms with Gasteiger partial charge in [0.25, 0.3) is 0 Å². The Kier molecular flexibility index (Phi) is 5.00. The monoisotopic (exact) mass is 322 g/mol. The van der Waals surface area contributed by atoms with Crippen molar-refractivity contribution in [1.82, 2.24) is 5.01 Å². The first-order chi connectivity index (χ1) is 11.6. The molecule has 24 heavy (non-hydrogen) atoms. The summed E-state index contributed by atoms with van der Waals surface area (Å²) in [5.74, 6) is -0.00144. The maximum absolute atomic E-state index is 12.0. The number of hydrogen-bond acceptors (Lipinski definition) is 3. The standard InChI is InChI=1S/C21H26N2O/c1-23(2)22-20-16-10-9-15-19(20)21(24,17-11-5-3-6-12-17)18-13-7-4-8-14-18/h3-8,11-14,19,24H,9-10,15-16H2,1-2H3/b22-20-/t19-/m0/s1. The lowest BCUT2D eigenvalue weighted by Gasteiger charge is -2.40. The lowest BCUT2D eigenvalue weighted by atomic mass is 9.69. The van der Waals surface area contributed by atoms with Crippen LogP contribution in [0.25, 0.3) is 0 Å². The molecular formula is C21H26N2O. The van der Waals surface area contributed by atoms with Gasteiger partial charge in [-0.25, -0.2) is 0 Å². The molecule has 1 aliphatic carbocycles. The molecule has 1 aliphatic rings. The molecule has 0 bridgehead atoms. The van der Waals surface area contributed by atoms with E-state index in [1.165, 1.54) is 0 Å². The molecule has 1 atom stereocenters. The number of hydrogen-bond donors (Lipinski definition) is 1. The van der Waals surface area contributed by atoms with Crippen LogP contribution in [-0.2, 0) is 5.60 Å². The maximum Gasteiger partial charge on any atom is 0.123 e. The highest BCUT2D eigenvalue weighted by Gasteiger charge is 2.43. The van der Waals surface area contributed by atoms with Gasteiger partial charge in [-0.15, -0.1) is 0 Å². The van der Waals surface area contributed by atoms with Crippen molar-refractivity contribution >= 4 is 5.71 Å². The summed E-state index contributed by atoms with van der Waals surface area (Å²) in [6.07, 6.45) is 4.17. The van der Waals surface area contributed by atoms with Crippen LogP contribution in [0, 0.1) is 5.92 Å². The van der Waals surface area contributed by atoms with Gasteiger partial charge in [0.05, 0.1) is 0 Å². The molecule has 0 saturated heterocycles. The van der Waals surface area contributed by atoms with Gasteiger partial charge in [-0.2, -0.15) is 5.10 Å². The molecule has 0 heterocycles. The van der Waals surface area contributed by atoms with E-state index in [1.807, 2.05) is 79.8 Å². The van der Waals surface area contributed by atoms with E-state index in [9.17, 15) is 5.11 Å². The third kappa shape index (κ3) is 3.22. The van der Waals surface area contributed by atoms with E-state index in [2.05, 4.69) is 0 Å². The Balaban J connectivity index is 2.14. The van der Waals surface area contributed by atoms with Gasteiger partial charge in [0.2, 0.25) is 0 Å². The minimum atomic E-state index is -1.04. The van der Waals surface area contributed by atoms with Crippen molar-refractivity contribution in [2.45, 2.75) is 31.3 Å². The minimum Gasteiger partial charge on any atom is -0.380 e. The summed E-state index contributed by atoms with van der Waals surface area (Å²) in [7, 11) is 3.89. The summed E-state index contributed by atoms with van der Waals surface area (Å²) >= 11 is 0. The largest absolute Gasteiger partial charge is 0.380 e. The van der Waals surface area contributed by atoms with E-state index in [0.717, 1.165) is 42.5 Å². The quantitative estimate of drug-likeness (QED) is 0.863. The van der Waals surface area contributed by atoms with Crippen LogP contribution >= 0.6 is 0 Å².